The number of piperidine rings is 1. The first-order valence-corrected chi connectivity index (χ1v) is 7.77. The first kappa shape index (κ1) is 14.3. The number of amides is 2. The molecule has 0 bridgehead atoms. The highest BCUT2D eigenvalue weighted by atomic mass is 32.1. The molecule has 1 saturated heterocycles. The third kappa shape index (κ3) is 4.21. The summed E-state index contributed by atoms with van der Waals surface area (Å²) in [6.45, 7) is 2.77. The van der Waals surface area contributed by atoms with Crippen molar-refractivity contribution in [3.05, 3.63) is 22.4 Å². The van der Waals surface area contributed by atoms with Gasteiger partial charge < -0.3 is 15.1 Å². The topological polar surface area (TPSA) is 35.6 Å². The summed E-state index contributed by atoms with van der Waals surface area (Å²) in [4.78, 5) is 16.8. The molecule has 2 rings (SSSR count). The smallest absolute Gasteiger partial charge is 0.319 e. The molecule has 19 heavy (non-hydrogen) atoms. The van der Waals surface area contributed by atoms with E-state index in [0.717, 1.165) is 38.9 Å². The minimum atomic E-state index is 0.136. The molecule has 0 unspecified atom stereocenters. The Morgan fingerprint density at radius 2 is 2.21 bits per heavy atom. The monoisotopic (exact) mass is 281 g/mol. The highest BCUT2D eigenvalue weighted by molar-refractivity contribution is 7.09. The zero-order valence-corrected chi connectivity index (χ0v) is 12.6. The summed E-state index contributed by atoms with van der Waals surface area (Å²) in [5, 5.41) is 5.73. The minimum Gasteiger partial charge on any atom is -0.331 e. The number of urea groups is 1. The number of hydrogen-bond donors (Lipinski definition) is 1. The lowest BCUT2D eigenvalue weighted by Crippen LogP contribution is -2.48. The maximum atomic E-state index is 11.8. The van der Waals surface area contributed by atoms with Gasteiger partial charge in [0.25, 0.3) is 0 Å². The number of rotatable bonds is 4. The third-order valence-electron chi connectivity index (χ3n) is 3.53. The largest absolute Gasteiger partial charge is 0.331 e. The number of carbonyl (C=O) groups excluding carboxylic acids is 1. The zero-order valence-electron chi connectivity index (χ0n) is 11.8. The van der Waals surface area contributed by atoms with Gasteiger partial charge in [-0.1, -0.05) is 6.07 Å². The maximum absolute atomic E-state index is 11.8. The Hall–Kier alpha value is -1.07. The number of carbonyl (C=O) groups is 1. The summed E-state index contributed by atoms with van der Waals surface area (Å²) in [6, 6.07) is 4.99. The Morgan fingerprint density at radius 1 is 1.47 bits per heavy atom. The number of nitrogens with one attached hydrogen (secondary N) is 1. The molecule has 0 spiro atoms. The lowest BCUT2D eigenvalue weighted by Gasteiger charge is -2.34. The molecule has 2 heterocycles. The van der Waals surface area contributed by atoms with Crippen LogP contribution in [0.25, 0.3) is 0 Å². The Labute approximate surface area is 119 Å². The molecule has 0 radical (unpaired) electrons. The van der Waals surface area contributed by atoms with Gasteiger partial charge in [0.15, 0.2) is 0 Å². The average Bonchev–Trinajstić information content (AvgIpc) is 2.92. The molecule has 1 aromatic rings. The molecule has 2 amide bonds. The molecular weight excluding hydrogens is 258 g/mol. The predicted molar refractivity (Wildman–Crippen MR) is 79.7 cm³/mol. The fourth-order valence-corrected chi connectivity index (χ4v) is 3.12. The van der Waals surface area contributed by atoms with Crippen LogP contribution >= 0.6 is 11.3 Å². The summed E-state index contributed by atoms with van der Waals surface area (Å²) in [7, 11) is 3.63. The van der Waals surface area contributed by atoms with Crippen molar-refractivity contribution in [1.82, 2.24) is 15.1 Å². The van der Waals surface area contributed by atoms with Crippen LogP contribution in [0, 0.1) is 0 Å². The van der Waals surface area contributed by atoms with Crippen molar-refractivity contribution in [3.63, 3.8) is 0 Å². The van der Waals surface area contributed by atoms with Gasteiger partial charge in [-0.2, -0.15) is 0 Å². The second kappa shape index (κ2) is 6.91. The van der Waals surface area contributed by atoms with Crippen molar-refractivity contribution in [2.75, 3.05) is 33.7 Å². The SMILES string of the molecule is CN(C)C(=O)N1CCC(NCCc2cccs2)CC1. The summed E-state index contributed by atoms with van der Waals surface area (Å²) in [5.74, 6) is 0. The molecular formula is C14H23N3OS. The van der Waals surface area contributed by atoms with Crippen LogP contribution in [-0.4, -0.2) is 55.6 Å². The predicted octanol–water partition coefficient (Wildman–Crippen LogP) is 2.03. The first-order chi connectivity index (χ1) is 9.16. The van der Waals surface area contributed by atoms with Gasteiger partial charge in [-0.15, -0.1) is 11.3 Å². The second-order valence-corrected chi connectivity index (χ2v) is 6.25. The number of hydrogen-bond acceptors (Lipinski definition) is 3. The highest BCUT2D eigenvalue weighted by Gasteiger charge is 2.23. The van der Waals surface area contributed by atoms with Gasteiger partial charge in [0.2, 0.25) is 0 Å². The van der Waals surface area contributed by atoms with Gasteiger partial charge in [0.1, 0.15) is 0 Å². The summed E-state index contributed by atoms with van der Waals surface area (Å²) in [6.07, 6.45) is 3.22. The molecule has 1 aliphatic heterocycles. The van der Waals surface area contributed by atoms with Gasteiger partial charge in [0.05, 0.1) is 0 Å². The van der Waals surface area contributed by atoms with Crippen LogP contribution < -0.4 is 5.32 Å². The highest BCUT2D eigenvalue weighted by Crippen LogP contribution is 2.12. The lowest BCUT2D eigenvalue weighted by molar-refractivity contribution is 0.152. The van der Waals surface area contributed by atoms with E-state index in [1.165, 1.54) is 4.88 Å². The molecule has 0 aliphatic carbocycles. The fraction of sp³-hybridized carbons (Fsp3) is 0.643. The van der Waals surface area contributed by atoms with E-state index in [2.05, 4.69) is 22.8 Å². The maximum Gasteiger partial charge on any atom is 0.319 e. The van der Waals surface area contributed by atoms with Crippen LogP contribution in [-0.2, 0) is 6.42 Å². The minimum absolute atomic E-state index is 0.136. The van der Waals surface area contributed by atoms with Crippen molar-refractivity contribution in [1.29, 1.82) is 0 Å². The van der Waals surface area contributed by atoms with E-state index < -0.39 is 0 Å². The van der Waals surface area contributed by atoms with Crippen molar-refractivity contribution >= 4 is 17.4 Å². The number of likely N-dealkylation sites (tertiary alicyclic amines) is 1. The molecule has 1 aromatic heterocycles. The first-order valence-electron chi connectivity index (χ1n) is 6.89. The van der Waals surface area contributed by atoms with Gasteiger partial charge in [-0.25, -0.2) is 4.79 Å². The van der Waals surface area contributed by atoms with Crippen LogP contribution in [0.15, 0.2) is 17.5 Å². The van der Waals surface area contributed by atoms with Gasteiger partial charge in [0, 0.05) is 44.6 Å². The van der Waals surface area contributed by atoms with Crippen LogP contribution in [0.2, 0.25) is 0 Å². The van der Waals surface area contributed by atoms with E-state index in [0.29, 0.717) is 6.04 Å². The molecule has 1 fully saturated rings. The van der Waals surface area contributed by atoms with E-state index in [1.807, 2.05) is 30.3 Å². The Balaban J connectivity index is 1.65. The molecule has 106 valence electrons. The normalized spacial score (nSPS) is 16.6. The van der Waals surface area contributed by atoms with Gasteiger partial charge in [-0.05, 0) is 30.7 Å². The Morgan fingerprint density at radius 3 is 2.79 bits per heavy atom. The van der Waals surface area contributed by atoms with Crippen LogP contribution in [0.3, 0.4) is 0 Å². The van der Waals surface area contributed by atoms with Crippen LogP contribution in [0.1, 0.15) is 17.7 Å². The van der Waals surface area contributed by atoms with Crippen molar-refractivity contribution in [3.8, 4) is 0 Å². The van der Waals surface area contributed by atoms with E-state index in [-0.39, 0.29) is 6.03 Å². The zero-order chi connectivity index (χ0) is 13.7. The van der Waals surface area contributed by atoms with Gasteiger partial charge >= 0.3 is 6.03 Å². The van der Waals surface area contributed by atoms with Crippen molar-refractivity contribution < 1.29 is 4.79 Å². The Bertz CT molecular complexity index is 383. The molecule has 5 heteroatoms. The third-order valence-corrected chi connectivity index (χ3v) is 4.47. The molecule has 0 aromatic carbocycles. The lowest BCUT2D eigenvalue weighted by atomic mass is 10.1. The standard InChI is InChI=1S/C14H23N3OS/c1-16(2)14(18)17-9-6-12(7-10-17)15-8-5-13-4-3-11-19-13/h3-4,11-12,15H,5-10H2,1-2H3. The van der Waals surface area contributed by atoms with E-state index >= 15 is 0 Å². The van der Waals surface area contributed by atoms with Crippen molar-refractivity contribution in [2.24, 2.45) is 0 Å². The van der Waals surface area contributed by atoms with E-state index in [4.69, 9.17) is 0 Å². The number of nitrogens with zero attached hydrogens (tertiary/aromatic N) is 2. The quantitative estimate of drug-likeness (QED) is 0.916. The molecule has 1 N–H and O–H groups in total. The van der Waals surface area contributed by atoms with Crippen LogP contribution in [0.5, 0.6) is 0 Å². The average molecular weight is 281 g/mol. The molecule has 0 atom stereocenters. The Kier molecular flexibility index (Phi) is 5.22. The molecule has 1 aliphatic rings. The van der Waals surface area contributed by atoms with E-state index in [9.17, 15) is 4.79 Å². The van der Waals surface area contributed by atoms with E-state index in [1.54, 1.807) is 4.90 Å². The van der Waals surface area contributed by atoms with Gasteiger partial charge in [-0.3, -0.25) is 0 Å². The summed E-state index contributed by atoms with van der Waals surface area (Å²) in [5.41, 5.74) is 0. The molecule has 0 saturated carbocycles. The van der Waals surface area contributed by atoms with Crippen molar-refractivity contribution in [2.45, 2.75) is 25.3 Å². The van der Waals surface area contributed by atoms with Crippen LogP contribution in [0.4, 0.5) is 4.79 Å². The number of thiophene rings is 1. The summed E-state index contributed by atoms with van der Waals surface area (Å²) >= 11 is 1.82. The fourth-order valence-electron chi connectivity index (χ4n) is 2.41. The summed E-state index contributed by atoms with van der Waals surface area (Å²) < 4.78 is 0. The second-order valence-electron chi connectivity index (χ2n) is 5.22. The molecule has 4 nitrogen and oxygen atoms in total.